The van der Waals surface area contributed by atoms with Crippen LogP contribution in [0.25, 0.3) is 0 Å². The van der Waals surface area contributed by atoms with Gasteiger partial charge in [-0.2, -0.15) is 0 Å². The van der Waals surface area contributed by atoms with Gasteiger partial charge in [-0.25, -0.2) is 9.78 Å². The van der Waals surface area contributed by atoms with Gasteiger partial charge in [0.05, 0.1) is 22.2 Å². The molecule has 1 amide bonds. The molecule has 0 aliphatic heterocycles. The Balaban J connectivity index is 2.56. The molecule has 1 aromatic heterocycles. The van der Waals surface area contributed by atoms with Crippen molar-refractivity contribution in [3.05, 3.63) is 16.1 Å². The van der Waals surface area contributed by atoms with E-state index in [2.05, 4.69) is 10.3 Å². The van der Waals surface area contributed by atoms with Crippen molar-refractivity contribution < 1.29 is 18.9 Å². The average molecular weight is 290 g/mol. The second-order valence-corrected chi connectivity index (χ2v) is 6.26. The lowest BCUT2D eigenvalue weighted by Gasteiger charge is -2.12. The second kappa shape index (κ2) is 6.60. The van der Waals surface area contributed by atoms with Crippen LogP contribution in [0.4, 0.5) is 0 Å². The Morgan fingerprint density at radius 3 is 2.72 bits per heavy atom. The number of rotatable bonds is 6. The van der Waals surface area contributed by atoms with Gasteiger partial charge in [0, 0.05) is 23.1 Å². The molecule has 0 bridgehead atoms. The van der Waals surface area contributed by atoms with Gasteiger partial charge < -0.3 is 10.4 Å². The fourth-order valence-corrected chi connectivity index (χ4v) is 3.22. The number of carboxylic acid groups (broad SMARTS) is 1. The fourth-order valence-electron chi connectivity index (χ4n) is 1.30. The van der Waals surface area contributed by atoms with E-state index in [4.69, 9.17) is 5.11 Å². The molecular formula is C10H14N2O4S2. The van der Waals surface area contributed by atoms with Crippen molar-refractivity contribution in [1.82, 2.24) is 10.3 Å². The Kier molecular flexibility index (Phi) is 5.42. The molecule has 8 heteroatoms. The molecule has 18 heavy (non-hydrogen) atoms. The highest BCUT2D eigenvalue weighted by Crippen LogP contribution is 2.10. The van der Waals surface area contributed by atoms with Crippen molar-refractivity contribution in [2.75, 3.05) is 5.75 Å². The second-order valence-electron chi connectivity index (χ2n) is 3.70. The zero-order valence-electron chi connectivity index (χ0n) is 10.0. The Morgan fingerprint density at radius 1 is 1.61 bits per heavy atom. The maximum atomic E-state index is 11.8. The molecule has 0 fully saturated rings. The van der Waals surface area contributed by atoms with Gasteiger partial charge in [-0.3, -0.25) is 9.00 Å². The van der Waals surface area contributed by atoms with Gasteiger partial charge in [-0.15, -0.1) is 11.3 Å². The van der Waals surface area contributed by atoms with E-state index in [1.165, 1.54) is 18.3 Å². The van der Waals surface area contributed by atoms with Crippen LogP contribution in [0.1, 0.15) is 17.6 Å². The number of hydrogen-bond donors (Lipinski definition) is 2. The van der Waals surface area contributed by atoms with E-state index in [-0.39, 0.29) is 11.5 Å². The highest BCUT2D eigenvalue weighted by molar-refractivity contribution is 7.84. The molecule has 0 aromatic carbocycles. The first kappa shape index (κ1) is 14.8. The van der Waals surface area contributed by atoms with Gasteiger partial charge >= 0.3 is 5.97 Å². The minimum Gasteiger partial charge on any atom is -0.480 e. The van der Waals surface area contributed by atoms with Crippen LogP contribution in [0, 0.1) is 6.92 Å². The molecule has 2 N–H and O–H groups in total. The molecular weight excluding hydrogens is 276 g/mol. The van der Waals surface area contributed by atoms with Crippen molar-refractivity contribution in [2.24, 2.45) is 0 Å². The van der Waals surface area contributed by atoms with E-state index < -0.39 is 28.7 Å². The van der Waals surface area contributed by atoms with Gasteiger partial charge in [-0.05, 0) is 6.92 Å². The van der Waals surface area contributed by atoms with E-state index in [1.807, 2.05) is 6.92 Å². The summed E-state index contributed by atoms with van der Waals surface area (Å²) >= 11 is 1.45. The summed E-state index contributed by atoms with van der Waals surface area (Å²) in [4.78, 5) is 25.8. The predicted octanol–water partition coefficient (Wildman–Crippen LogP) is 0.290. The number of aryl methyl sites for hydroxylation is 1. The zero-order chi connectivity index (χ0) is 13.7. The monoisotopic (exact) mass is 290 g/mol. The van der Waals surface area contributed by atoms with Crippen molar-refractivity contribution in [1.29, 1.82) is 0 Å². The highest BCUT2D eigenvalue weighted by Gasteiger charge is 2.21. The minimum absolute atomic E-state index is 0.120. The molecule has 100 valence electrons. The number of nitrogens with one attached hydrogen (secondary N) is 1. The smallest absolute Gasteiger partial charge is 0.327 e. The number of aromatic nitrogens is 1. The summed E-state index contributed by atoms with van der Waals surface area (Å²) in [5.41, 5.74) is 0.683. The third kappa shape index (κ3) is 4.92. The van der Waals surface area contributed by atoms with Crippen LogP contribution in [0.5, 0.6) is 0 Å². The molecule has 1 unspecified atom stereocenters. The SMILES string of the molecule is CC(=O)N[C@@H](CS(=O)Cc1csc(C)n1)C(=O)O. The molecule has 1 heterocycles. The van der Waals surface area contributed by atoms with Crippen molar-refractivity contribution in [2.45, 2.75) is 25.6 Å². The summed E-state index contributed by atoms with van der Waals surface area (Å²) in [6.45, 7) is 3.07. The summed E-state index contributed by atoms with van der Waals surface area (Å²) in [5, 5.41) is 13.8. The number of amides is 1. The first-order chi connectivity index (χ1) is 8.38. The highest BCUT2D eigenvalue weighted by atomic mass is 32.2. The van der Waals surface area contributed by atoms with E-state index in [0.29, 0.717) is 5.69 Å². The number of carbonyl (C=O) groups is 2. The molecule has 2 atom stereocenters. The predicted molar refractivity (Wildman–Crippen MR) is 68.8 cm³/mol. The maximum absolute atomic E-state index is 11.8. The van der Waals surface area contributed by atoms with Crippen LogP contribution >= 0.6 is 11.3 Å². The average Bonchev–Trinajstić information content (AvgIpc) is 2.62. The van der Waals surface area contributed by atoms with Gasteiger partial charge in [-0.1, -0.05) is 0 Å². The molecule has 1 rings (SSSR count). The Morgan fingerprint density at radius 2 is 2.28 bits per heavy atom. The van der Waals surface area contributed by atoms with Gasteiger partial charge in [0.15, 0.2) is 0 Å². The van der Waals surface area contributed by atoms with Gasteiger partial charge in [0.1, 0.15) is 6.04 Å². The van der Waals surface area contributed by atoms with E-state index in [9.17, 15) is 13.8 Å². The van der Waals surface area contributed by atoms with Crippen LogP contribution < -0.4 is 5.32 Å². The Hall–Kier alpha value is -1.28. The summed E-state index contributed by atoms with van der Waals surface area (Å²) < 4.78 is 11.8. The molecule has 1 aromatic rings. The van der Waals surface area contributed by atoms with Crippen LogP contribution in [0.3, 0.4) is 0 Å². The van der Waals surface area contributed by atoms with E-state index in [0.717, 1.165) is 5.01 Å². The molecule has 6 nitrogen and oxygen atoms in total. The lowest BCUT2D eigenvalue weighted by Crippen LogP contribution is -2.43. The largest absolute Gasteiger partial charge is 0.480 e. The number of nitrogens with zero attached hydrogens (tertiary/aromatic N) is 1. The fraction of sp³-hybridized carbons (Fsp3) is 0.500. The summed E-state index contributed by atoms with van der Waals surface area (Å²) in [5.74, 6) is -1.56. The normalized spacial score (nSPS) is 13.9. The van der Waals surface area contributed by atoms with Crippen molar-refractivity contribution in [3.63, 3.8) is 0 Å². The zero-order valence-corrected chi connectivity index (χ0v) is 11.6. The molecule has 0 saturated heterocycles. The first-order valence-electron chi connectivity index (χ1n) is 5.14. The Bertz CT molecular complexity index is 472. The number of carbonyl (C=O) groups excluding carboxylic acids is 1. The lowest BCUT2D eigenvalue weighted by molar-refractivity contribution is -0.140. The molecule has 0 radical (unpaired) electrons. The Labute approximate surface area is 111 Å². The summed E-state index contributed by atoms with van der Waals surface area (Å²) in [6, 6.07) is -1.12. The minimum atomic E-state index is -1.38. The van der Waals surface area contributed by atoms with Gasteiger partial charge in [0.2, 0.25) is 5.91 Å². The van der Waals surface area contributed by atoms with Crippen LogP contribution in [-0.4, -0.2) is 38.0 Å². The van der Waals surface area contributed by atoms with Crippen LogP contribution in [0.15, 0.2) is 5.38 Å². The third-order valence-electron chi connectivity index (χ3n) is 2.00. The molecule has 0 aliphatic carbocycles. The number of carboxylic acids is 1. The third-order valence-corrected chi connectivity index (χ3v) is 4.15. The van der Waals surface area contributed by atoms with Gasteiger partial charge in [0.25, 0.3) is 0 Å². The first-order valence-corrected chi connectivity index (χ1v) is 7.51. The maximum Gasteiger partial charge on any atom is 0.327 e. The van der Waals surface area contributed by atoms with Crippen LogP contribution in [-0.2, 0) is 26.1 Å². The molecule has 0 saturated carbocycles. The molecule has 0 spiro atoms. The molecule has 0 aliphatic rings. The van der Waals surface area contributed by atoms with Crippen molar-refractivity contribution >= 4 is 34.0 Å². The quantitative estimate of drug-likeness (QED) is 0.785. The van der Waals surface area contributed by atoms with E-state index >= 15 is 0 Å². The summed E-state index contributed by atoms with van der Waals surface area (Å²) in [7, 11) is -1.38. The van der Waals surface area contributed by atoms with Crippen molar-refractivity contribution in [3.8, 4) is 0 Å². The summed E-state index contributed by atoms with van der Waals surface area (Å²) in [6.07, 6.45) is 0. The topological polar surface area (TPSA) is 96.4 Å². The van der Waals surface area contributed by atoms with E-state index in [1.54, 1.807) is 5.38 Å². The number of thiazole rings is 1. The number of hydrogen-bond acceptors (Lipinski definition) is 5. The standard InChI is InChI=1S/C10H14N2O4S2/c1-6(13)11-9(10(14)15)5-18(16)4-8-3-17-7(2)12-8/h3,9H,4-5H2,1-2H3,(H,11,13)(H,14,15)/t9-,18?/m0/s1. The lowest BCUT2D eigenvalue weighted by atomic mass is 10.3. The van der Waals surface area contributed by atoms with Crippen LogP contribution in [0.2, 0.25) is 0 Å². The number of aliphatic carboxylic acids is 1.